The number of hydrogen-bond acceptors (Lipinski definition) is 9. The first-order chi connectivity index (χ1) is 16.8. The molecule has 1 atom stereocenters. The van der Waals surface area contributed by atoms with Gasteiger partial charge in [0.25, 0.3) is 11.8 Å². The van der Waals surface area contributed by atoms with Crippen LogP contribution in [0.2, 0.25) is 10.0 Å². The number of amides is 2. The Morgan fingerprint density at radius 3 is 1.97 bits per heavy atom. The van der Waals surface area contributed by atoms with Crippen molar-refractivity contribution in [3.05, 3.63) is 63.1 Å². The summed E-state index contributed by atoms with van der Waals surface area (Å²) in [6.07, 6.45) is 0.482. The van der Waals surface area contributed by atoms with Gasteiger partial charge in [-0.3, -0.25) is 24.1 Å². The second-order valence-electron chi connectivity index (χ2n) is 7.88. The number of benzene rings is 2. The van der Waals surface area contributed by atoms with Crippen LogP contribution in [0.3, 0.4) is 0 Å². The summed E-state index contributed by atoms with van der Waals surface area (Å²) in [4.78, 5) is 62.9. The smallest absolute Gasteiger partial charge is 0.329 e. The van der Waals surface area contributed by atoms with Crippen LogP contribution in [0.15, 0.2) is 36.4 Å². The van der Waals surface area contributed by atoms with Crippen molar-refractivity contribution < 1.29 is 41.9 Å². The fourth-order valence-electron chi connectivity index (χ4n) is 3.40. The molecule has 0 unspecified atom stereocenters. The van der Waals surface area contributed by atoms with Crippen LogP contribution in [-0.4, -0.2) is 67.5 Å². The van der Waals surface area contributed by atoms with E-state index in [0.29, 0.717) is 4.90 Å². The van der Waals surface area contributed by atoms with Gasteiger partial charge in [-0.05, 0) is 42.8 Å². The third-order valence-corrected chi connectivity index (χ3v) is 6.79. The fourth-order valence-corrected chi connectivity index (χ4v) is 4.38. The fraction of sp³-hybridized carbons (Fsp3) is 0.261. The number of ether oxygens (including phenoxy) is 2. The molecule has 13 heteroatoms. The molecule has 3 rings (SSSR count). The SMILES string of the molecule is CC(=O)Oc1ccc(C(=O)COC(=O)[C@@H](CCS(C)(=O)=O)N2C(=O)c3cc(Cl)c(Cl)cc3C2=O)cc1. The number of sulfone groups is 1. The number of nitrogens with zero attached hydrogens (tertiary/aromatic N) is 1. The molecular formula is C23H19Cl2NO9S. The first kappa shape index (κ1) is 27.3. The number of fused-ring (bicyclic) bond motifs is 1. The Morgan fingerprint density at radius 2 is 1.50 bits per heavy atom. The Morgan fingerprint density at radius 1 is 0.972 bits per heavy atom. The molecule has 0 spiro atoms. The lowest BCUT2D eigenvalue weighted by molar-refractivity contribution is -0.147. The van der Waals surface area contributed by atoms with Gasteiger partial charge in [0.05, 0.1) is 26.9 Å². The van der Waals surface area contributed by atoms with E-state index in [-0.39, 0.29) is 32.5 Å². The van der Waals surface area contributed by atoms with E-state index in [2.05, 4.69) is 0 Å². The van der Waals surface area contributed by atoms with Gasteiger partial charge in [-0.25, -0.2) is 13.2 Å². The van der Waals surface area contributed by atoms with E-state index in [9.17, 15) is 32.4 Å². The van der Waals surface area contributed by atoms with Crippen LogP contribution in [-0.2, 0) is 24.2 Å². The van der Waals surface area contributed by atoms with Gasteiger partial charge in [0.2, 0.25) is 0 Å². The highest BCUT2D eigenvalue weighted by Gasteiger charge is 2.44. The quantitative estimate of drug-likeness (QED) is 0.197. The number of Topliss-reactive ketones (excluding diaryl/α,β-unsaturated/α-hetero) is 1. The number of carbonyl (C=O) groups is 5. The van der Waals surface area contributed by atoms with E-state index in [1.807, 2.05) is 0 Å². The molecule has 36 heavy (non-hydrogen) atoms. The van der Waals surface area contributed by atoms with Gasteiger partial charge >= 0.3 is 11.9 Å². The highest BCUT2D eigenvalue weighted by Crippen LogP contribution is 2.33. The number of carbonyl (C=O) groups excluding carboxylic acids is 5. The van der Waals surface area contributed by atoms with Crippen LogP contribution in [0.5, 0.6) is 5.75 Å². The Bertz CT molecular complexity index is 1330. The molecule has 190 valence electrons. The highest BCUT2D eigenvalue weighted by molar-refractivity contribution is 7.90. The minimum absolute atomic E-state index is 0.0130. The van der Waals surface area contributed by atoms with Gasteiger partial charge in [-0.15, -0.1) is 0 Å². The molecule has 1 aliphatic heterocycles. The summed E-state index contributed by atoms with van der Waals surface area (Å²) in [5.74, 6) is -4.39. The Balaban J connectivity index is 1.79. The van der Waals surface area contributed by atoms with Crippen LogP contribution >= 0.6 is 23.2 Å². The zero-order chi connectivity index (χ0) is 26.8. The average molecular weight is 556 g/mol. The molecule has 2 amide bonds. The zero-order valence-corrected chi connectivity index (χ0v) is 21.3. The molecule has 2 aromatic carbocycles. The van der Waals surface area contributed by atoms with Crippen molar-refractivity contribution in [2.45, 2.75) is 19.4 Å². The molecule has 0 saturated heterocycles. The summed E-state index contributed by atoms with van der Waals surface area (Å²) in [6.45, 7) is 0.470. The van der Waals surface area contributed by atoms with Crippen LogP contribution in [0.1, 0.15) is 44.4 Å². The topological polar surface area (TPSA) is 141 Å². The van der Waals surface area contributed by atoms with Gasteiger partial charge in [0, 0.05) is 18.7 Å². The van der Waals surface area contributed by atoms with Crippen molar-refractivity contribution >= 4 is 62.6 Å². The highest BCUT2D eigenvalue weighted by atomic mass is 35.5. The van der Waals surface area contributed by atoms with Crippen molar-refractivity contribution in [3.63, 3.8) is 0 Å². The first-order valence-electron chi connectivity index (χ1n) is 10.3. The van der Waals surface area contributed by atoms with Gasteiger partial charge in [-0.2, -0.15) is 0 Å². The molecule has 0 fully saturated rings. The number of esters is 2. The monoisotopic (exact) mass is 555 g/mol. The average Bonchev–Trinajstić information content (AvgIpc) is 3.01. The van der Waals surface area contributed by atoms with Crippen LogP contribution in [0, 0.1) is 0 Å². The van der Waals surface area contributed by atoms with Gasteiger partial charge in [0.15, 0.2) is 12.4 Å². The van der Waals surface area contributed by atoms with Crippen molar-refractivity contribution in [2.24, 2.45) is 0 Å². The summed E-state index contributed by atoms with van der Waals surface area (Å²) >= 11 is 11.9. The lowest BCUT2D eigenvalue weighted by atomic mass is 10.1. The van der Waals surface area contributed by atoms with Crippen LogP contribution in [0.25, 0.3) is 0 Å². The number of hydrogen-bond donors (Lipinski definition) is 0. The summed E-state index contributed by atoms with van der Waals surface area (Å²) in [5, 5.41) is 0.0259. The van der Waals surface area contributed by atoms with Crippen molar-refractivity contribution in [1.82, 2.24) is 4.90 Å². The number of ketones is 1. The maximum Gasteiger partial charge on any atom is 0.329 e. The van der Waals surface area contributed by atoms with Crippen molar-refractivity contribution in [3.8, 4) is 5.75 Å². The lowest BCUT2D eigenvalue weighted by Gasteiger charge is -2.24. The summed E-state index contributed by atoms with van der Waals surface area (Å²) in [6, 6.07) is 6.20. The normalized spacial score (nSPS) is 13.8. The number of rotatable bonds is 9. The van der Waals surface area contributed by atoms with Gasteiger partial charge in [-0.1, -0.05) is 23.2 Å². The van der Waals surface area contributed by atoms with Crippen LogP contribution in [0.4, 0.5) is 0 Å². The number of imide groups is 1. The zero-order valence-electron chi connectivity index (χ0n) is 18.9. The van der Waals surface area contributed by atoms with E-state index in [1.165, 1.54) is 43.3 Å². The van der Waals surface area contributed by atoms with E-state index in [0.717, 1.165) is 6.26 Å². The molecular weight excluding hydrogens is 537 g/mol. The second kappa shape index (κ2) is 10.8. The maximum absolute atomic E-state index is 13.0. The second-order valence-corrected chi connectivity index (χ2v) is 10.9. The molecule has 1 heterocycles. The summed E-state index contributed by atoms with van der Waals surface area (Å²) < 4.78 is 33.4. The molecule has 0 radical (unpaired) electrons. The Labute approximate surface area is 216 Å². The van der Waals surface area contributed by atoms with E-state index in [4.69, 9.17) is 32.7 Å². The minimum atomic E-state index is -3.59. The predicted molar refractivity (Wildman–Crippen MR) is 128 cm³/mol. The van der Waals surface area contributed by atoms with Crippen molar-refractivity contribution in [1.29, 1.82) is 0 Å². The number of halogens is 2. The molecule has 0 saturated carbocycles. The molecule has 1 aliphatic rings. The van der Waals surface area contributed by atoms with E-state index < -0.39 is 64.2 Å². The third-order valence-electron chi connectivity index (χ3n) is 5.09. The summed E-state index contributed by atoms with van der Waals surface area (Å²) in [7, 11) is -3.59. The molecule has 2 aromatic rings. The first-order valence-corrected chi connectivity index (χ1v) is 13.1. The molecule has 0 aromatic heterocycles. The summed E-state index contributed by atoms with van der Waals surface area (Å²) in [5.41, 5.74) is -0.0672. The van der Waals surface area contributed by atoms with Gasteiger partial charge in [0.1, 0.15) is 21.6 Å². The van der Waals surface area contributed by atoms with Gasteiger partial charge < -0.3 is 9.47 Å². The van der Waals surface area contributed by atoms with E-state index >= 15 is 0 Å². The van der Waals surface area contributed by atoms with E-state index in [1.54, 1.807) is 0 Å². The predicted octanol–water partition coefficient (Wildman–Crippen LogP) is 2.74. The minimum Gasteiger partial charge on any atom is -0.456 e. The van der Waals surface area contributed by atoms with Crippen molar-refractivity contribution in [2.75, 3.05) is 18.6 Å². The largest absolute Gasteiger partial charge is 0.456 e. The Hall–Kier alpha value is -3.28. The lowest BCUT2D eigenvalue weighted by Crippen LogP contribution is -2.46. The maximum atomic E-state index is 13.0. The molecule has 0 bridgehead atoms. The molecule has 0 aliphatic carbocycles. The molecule has 0 N–H and O–H groups in total. The van der Waals surface area contributed by atoms with Crippen LogP contribution < -0.4 is 4.74 Å². The Kier molecular flexibility index (Phi) is 8.17. The molecule has 10 nitrogen and oxygen atoms in total. The third kappa shape index (κ3) is 6.28. The standard InChI is InChI=1S/C23H19Cl2NO9S/c1-12(27)35-14-5-3-13(4-6-14)20(28)11-34-23(31)19(7-8-36(2,32)33)26-21(29)15-9-17(24)18(25)10-16(15)22(26)30/h3-6,9-10,19H,7-8,11H2,1-2H3/t19-/m1/s1.